The maximum Gasteiger partial charge on any atom is 0.214 e. The van der Waals surface area contributed by atoms with Crippen molar-refractivity contribution in [1.82, 2.24) is 4.98 Å². The highest BCUT2D eigenvalue weighted by Gasteiger charge is 2.22. The molecule has 1 heterocycles. The van der Waals surface area contributed by atoms with E-state index in [2.05, 4.69) is 10.3 Å². The van der Waals surface area contributed by atoms with Gasteiger partial charge in [-0.3, -0.25) is 0 Å². The molecule has 1 aromatic heterocycles. The quantitative estimate of drug-likeness (QED) is 0.773. The summed E-state index contributed by atoms with van der Waals surface area (Å²) in [6, 6.07) is 4.68. The maximum atomic E-state index is 12.8. The lowest BCUT2D eigenvalue weighted by molar-refractivity contribution is 0.0763. The van der Waals surface area contributed by atoms with Gasteiger partial charge in [0.25, 0.3) is 0 Å². The molecule has 2 rings (SSSR count). The van der Waals surface area contributed by atoms with Crippen LogP contribution >= 0.6 is 0 Å². The van der Waals surface area contributed by atoms with Gasteiger partial charge in [-0.1, -0.05) is 18.9 Å². The van der Waals surface area contributed by atoms with Crippen LogP contribution in [0.25, 0.3) is 0 Å². The zero-order chi connectivity index (χ0) is 11.4. The molecule has 2 atom stereocenters. The van der Waals surface area contributed by atoms with Gasteiger partial charge in [0, 0.05) is 12.5 Å². The van der Waals surface area contributed by atoms with Gasteiger partial charge in [0.05, 0.1) is 6.10 Å². The van der Waals surface area contributed by atoms with Crippen LogP contribution in [0.3, 0.4) is 0 Å². The molecular formula is C12H17FN2O. The highest BCUT2D eigenvalue weighted by atomic mass is 19.1. The summed E-state index contributed by atoms with van der Waals surface area (Å²) in [5, 5.41) is 12.8. The van der Waals surface area contributed by atoms with Gasteiger partial charge in [0.1, 0.15) is 5.82 Å². The van der Waals surface area contributed by atoms with Gasteiger partial charge >= 0.3 is 0 Å². The van der Waals surface area contributed by atoms with Crippen LogP contribution in [0.2, 0.25) is 0 Å². The Balaban J connectivity index is 1.86. The van der Waals surface area contributed by atoms with Crippen LogP contribution in [0.4, 0.5) is 10.2 Å². The molecule has 1 aliphatic rings. The lowest BCUT2D eigenvalue weighted by Crippen LogP contribution is -2.30. The summed E-state index contributed by atoms with van der Waals surface area (Å²) < 4.78 is 12.8. The number of anilines is 1. The number of aliphatic hydroxyl groups excluding tert-OH is 1. The van der Waals surface area contributed by atoms with Crippen LogP contribution in [-0.2, 0) is 0 Å². The third kappa shape index (κ3) is 2.92. The molecule has 16 heavy (non-hydrogen) atoms. The van der Waals surface area contributed by atoms with Crippen molar-refractivity contribution in [3.8, 4) is 0 Å². The lowest BCUT2D eigenvalue weighted by Gasteiger charge is -2.27. The molecule has 1 aromatic rings. The van der Waals surface area contributed by atoms with Gasteiger partial charge in [-0.2, -0.15) is 4.39 Å². The first-order chi connectivity index (χ1) is 7.75. The molecule has 0 bridgehead atoms. The van der Waals surface area contributed by atoms with Crippen molar-refractivity contribution in [3.05, 3.63) is 24.1 Å². The SMILES string of the molecule is OC1CCCCC1CNc1cccc(F)n1. The number of rotatable bonds is 3. The van der Waals surface area contributed by atoms with Crippen molar-refractivity contribution in [2.24, 2.45) is 5.92 Å². The van der Waals surface area contributed by atoms with Gasteiger partial charge < -0.3 is 10.4 Å². The van der Waals surface area contributed by atoms with Gasteiger partial charge in [-0.05, 0) is 25.0 Å². The van der Waals surface area contributed by atoms with Gasteiger partial charge in [0.15, 0.2) is 0 Å². The Kier molecular flexibility index (Phi) is 3.72. The monoisotopic (exact) mass is 224 g/mol. The van der Waals surface area contributed by atoms with Crippen LogP contribution in [0.5, 0.6) is 0 Å². The summed E-state index contributed by atoms with van der Waals surface area (Å²) in [4.78, 5) is 3.72. The number of pyridine rings is 1. The predicted molar refractivity (Wildman–Crippen MR) is 60.6 cm³/mol. The van der Waals surface area contributed by atoms with Crippen molar-refractivity contribution in [2.75, 3.05) is 11.9 Å². The van der Waals surface area contributed by atoms with Crippen LogP contribution in [0, 0.1) is 11.9 Å². The standard InChI is InChI=1S/C12H17FN2O/c13-11-6-3-7-12(15-11)14-8-9-4-1-2-5-10(9)16/h3,6-7,9-10,16H,1-2,4-5,8H2,(H,14,15). The highest BCUT2D eigenvalue weighted by molar-refractivity contribution is 5.33. The summed E-state index contributed by atoms with van der Waals surface area (Å²) >= 11 is 0. The largest absolute Gasteiger partial charge is 0.393 e. The number of nitrogens with zero attached hydrogens (tertiary/aromatic N) is 1. The molecule has 0 aromatic carbocycles. The van der Waals surface area contributed by atoms with E-state index in [-0.39, 0.29) is 12.0 Å². The molecule has 3 nitrogen and oxygen atoms in total. The fourth-order valence-electron chi connectivity index (χ4n) is 2.17. The molecule has 4 heteroatoms. The third-order valence-electron chi connectivity index (χ3n) is 3.13. The van der Waals surface area contributed by atoms with E-state index in [9.17, 15) is 9.50 Å². The number of halogens is 1. The number of aliphatic hydroxyl groups is 1. The first kappa shape index (κ1) is 11.3. The molecule has 1 aliphatic carbocycles. The molecule has 0 spiro atoms. The van der Waals surface area contributed by atoms with Crippen LogP contribution in [0.15, 0.2) is 18.2 Å². The van der Waals surface area contributed by atoms with E-state index in [0.717, 1.165) is 19.3 Å². The smallest absolute Gasteiger partial charge is 0.214 e. The Bertz CT molecular complexity index is 346. The van der Waals surface area contributed by atoms with E-state index in [1.807, 2.05) is 0 Å². The van der Waals surface area contributed by atoms with E-state index in [4.69, 9.17) is 0 Å². The summed E-state index contributed by atoms with van der Waals surface area (Å²) in [5.41, 5.74) is 0. The number of nitrogens with one attached hydrogen (secondary N) is 1. The minimum atomic E-state index is -0.478. The molecule has 0 aliphatic heterocycles. The summed E-state index contributed by atoms with van der Waals surface area (Å²) in [7, 11) is 0. The molecule has 2 N–H and O–H groups in total. The molecule has 0 amide bonds. The van der Waals surface area contributed by atoms with Crippen molar-refractivity contribution >= 4 is 5.82 Å². The Morgan fingerprint density at radius 1 is 1.38 bits per heavy atom. The zero-order valence-corrected chi connectivity index (χ0v) is 9.19. The summed E-state index contributed by atoms with van der Waals surface area (Å²) in [6.45, 7) is 0.664. The molecule has 1 fully saturated rings. The Labute approximate surface area is 94.7 Å². The van der Waals surface area contributed by atoms with Gasteiger partial charge in [-0.25, -0.2) is 4.98 Å². The van der Waals surface area contributed by atoms with Crippen LogP contribution < -0.4 is 5.32 Å². The predicted octanol–water partition coefficient (Wildman–Crippen LogP) is 2.18. The third-order valence-corrected chi connectivity index (χ3v) is 3.13. The fourth-order valence-corrected chi connectivity index (χ4v) is 2.17. The number of hydrogen-bond donors (Lipinski definition) is 2. The Morgan fingerprint density at radius 3 is 2.94 bits per heavy atom. The van der Waals surface area contributed by atoms with E-state index in [1.54, 1.807) is 12.1 Å². The second-order valence-electron chi connectivity index (χ2n) is 4.34. The molecule has 2 unspecified atom stereocenters. The van der Waals surface area contributed by atoms with E-state index >= 15 is 0 Å². The van der Waals surface area contributed by atoms with Crippen molar-refractivity contribution in [3.63, 3.8) is 0 Å². The van der Waals surface area contributed by atoms with E-state index in [1.165, 1.54) is 12.5 Å². The van der Waals surface area contributed by atoms with E-state index in [0.29, 0.717) is 12.4 Å². The van der Waals surface area contributed by atoms with Gasteiger partial charge in [0.2, 0.25) is 5.95 Å². The second kappa shape index (κ2) is 5.25. The number of hydrogen-bond acceptors (Lipinski definition) is 3. The van der Waals surface area contributed by atoms with Crippen molar-refractivity contribution in [1.29, 1.82) is 0 Å². The first-order valence-corrected chi connectivity index (χ1v) is 5.80. The Hall–Kier alpha value is -1.16. The molecule has 0 saturated heterocycles. The van der Waals surface area contributed by atoms with Crippen LogP contribution in [-0.4, -0.2) is 22.7 Å². The normalized spacial score (nSPS) is 25.4. The molecule has 0 radical (unpaired) electrons. The van der Waals surface area contributed by atoms with Crippen molar-refractivity contribution in [2.45, 2.75) is 31.8 Å². The summed E-state index contributed by atoms with van der Waals surface area (Å²) in [6.07, 6.45) is 3.96. The Morgan fingerprint density at radius 2 is 2.19 bits per heavy atom. The van der Waals surface area contributed by atoms with Gasteiger partial charge in [-0.15, -0.1) is 0 Å². The van der Waals surface area contributed by atoms with Crippen LogP contribution in [0.1, 0.15) is 25.7 Å². The fraction of sp³-hybridized carbons (Fsp3) is 0.583. The number of aromatic nitrogens is 1. The van der Waals surface area contributed by atoms with Crippen molar-refractivity contribution < 1.29 is 9.50 Å². The molecule has 1 saturated carbocycles. The minimum absolute atomic E-state index is 0.227. The molecular weight excluding hydrogens is 207 g/mol. The second-order valence-corrected chi connectivity index (χ2v) is 4.34. The average molecular weight is 224 g/mol. The lowest BCUT2D eigenvalue weighted by atomic mass is 9.86. The average Bonchev–Trinajstić information content (AvgIpc) is 2.28. The highest BCUT2D eigenvalue weighted by Crippen LogP contribution is 2.24. The summed E-state index contributed by atoms with van der Waals surface area (Å²) in [5.74, 6) is 0.325. The first-order valence-electron chi connectivity index (χ1n) is 5.80. The maximum absolute atomic E-state index is 12.8. The minimum Gasteiger partial charge on any atom is -0.393 e. The zero-order valence-electron chi connectivity index (χ0n) is 9.19. The topological polar surface area (TPSA) is 45.1 Å². The molecule has 88 valence electrons. The van der Waals surface area contributed by atoms with E-state index < -0.39 is 5.95 Å².